The topological polar surface area (TPSA) is 41.6 Å². The highest BCUT2D eigenvalue weighted by atomic mass is 35.5. The van der Waals surface area contributed by atoms with E-state index in [1.54, 1.807) is 0 Å². The Morgan fingerprint density at radius 3 is 2.71 bits per heavy atom. The maximum Gasteiger partial charge on any atom is 0.225 e. The summed E-state index contributed by atoms with van der Waals surface area (Å²) in [7, 11) is 0. The summed E-state index contributed by atoms with van der Waals surface area (Å²) in [5.41, 5.74) is 0. The predicted octanol–water partition coefficient (Wildman–Crippen LogP) is 1.05. The highest BCUT2D eigenvalue weighted by molar-refractivity contribution is 5.85. The van der Waals surface area contributed by atoms with Crippen molar-refractivity contribution >= 4 is 18.3 Å². The summed E-state index contributed by atoms with van der Waals surface area (Å²) in [6.07, 6.45) is 2.92. The molecule has 0 aromatic carbocycles. The van der Waals surface area contributed by atoms with Crippen molar-refractivity contribution in [3.63, 3.8) is 0 Å². The average Bonchev–Trinajstić information content (AvgIpc) is 2.31. The molecule has 100 valence electrons. The smallest absolute Gasteiger partial charge is 0.225 e. The first-order chi connectivity index (χ1) is 7.75. The molecule has 1 unspecified atom stereocenters. The van der Waals surface area contributed by atoms with E-state index in [0.717, 1.165) is 51.5 Å². The van der Waals surface area contributed by atoms with Gasteiger partial charge >= 0.3 is 0 Å². The number of halogens is 1. The number of piperidine rings is 1. The zero-order valence-corrected chi connectivity index (χ0v) is 11.3. The molecular weight excluding hydrogens is 240 g/mol. The van der Waals surface area contributed by atoms with E-state index >= 15 is 0 Å². The lowest BCUT2D eigenvalue weighted by atomic mass is 9.99. The summed E-state index contributed by atoms with van der Waals surface area (Å²) in [5.74, 6) is 1.04. The van der Waals surface area contributed by atoms with Gasteiger partial charge in [0.1, 0.15) is 0 Å². The van der Waals surface area contributed by atoms with Crippen molar-refractivity contribution < 1.29 is 9.53 Å². The highest BCUT2D eigenvalue weighted by Gasteiger charge is 2.24. The SMILES string of the molecule is CC1CCN(C(=O)CC2CNCCO2)CC1.Cl. The average molecular weight is 263 g/mol. The normalized spacial score (nSPS) is 26.4. The quantitative estimate of drug-likeness (QED) is 0.809. The predicted molar refractivity (Wildman–Crippen MR) is 69.5 cm³/mol. The largest absolute Gasteiger partial charge is 0.375 e. The van der Waals surface area contributed by atoms with Gasteiger partial charge in [-0.15, -0.1) is 12.4 Å². The molecule has 0 aliphatic carbocycles. The Kier molecular flexibility index (Phi) is 6.23. The lowest BCUT2D eigenvalue weighted by molar-refractivity contribution is -0.136. The van der Waals surface area contributed by atoms with Crippen LogP contribution in [0.15, 0.2) is 0 Å². The number of morpholine rings is 1. The molecule has 0 aromatic rings. The number of hydrogen-bond acceptors (Lipinski definition) is 3. The number of hydrogen-bond donors (Lipinski definition) is 1. The number of carbonyl (C=O) groups excluding carboxylic acids is 1. The van der Waals surface area contributed by atoms with E-state index in [4.69, 9.17) is 4.74 Å². The van der Waals surface area contributed by atoms with E-state index in [0.29, 0.717) is 6.42 Å². The van der Waals surface area contributed by atoms with E-state index in [1.807, 2.05) is 4.90 Å². The molecule has 2 saturated heterocycles. The minimum Gasteiger partial charge on any atom is -0.375 e. The molecule has 2 aliphatic heterocycles. The number of nitrogens with zero attached hydrogens (tertiary/aromatic N) is 1. The molecule has 1 amide bonds. The van der Waals surface area contributed by atoms with Gasteiger partial charge in [-0.05, 0) is 18.8 Å². The fourth-order valence-electron chi connectivity index (χ4n) is 2.33. The first-order valence-corrected chi connectivity index (χ1v) is 6.36. The summed E-state index contributed by atoms with van der Waals surface area (Å²) in [5, 5.41) is 3.25. The Bertz CT molecular complexity index is 237. The van der Waals surface area contributed by atoms with E-state index in [2.05, 4.69) is 12.2 Å². The van der Waals surface area contributed by atoms with Crippen LogP contribution in [-0.2, 0) is 9.53 Å². The Balaban J connectivity index is 0.00000144. The Morgan fingerprint density at radius 2 is 2.12 bits per heavy atom. The second kappa shape index (κ2) is 7.19. The minimum atomic E-state index is 0. The van der Waals surface area contributed by atoms with Gasteiger partial charge in [0.25, 0.3) is 0 Å². The van der Waals surface area contributed by atoms with Gasteiger partial charge in [0, 0.05) is 26.2 Å². The summed E-state index contributed by atoms with van der Waals surface area (Å²) < 4.78 is 5.55. The zero-order valence-electron chi connectivity index (χ0n) is 10.5. The van der Waals surface area contributed by atoms with Crippen LogP contribution in [0.2, 0.25) is 0 Å². The van der Waals surface area contributed by atoms with Crippen molar-refractivity contribution in [1.29, 1.82) is 0 Å². The molecule has 0 radical (unpaired) electrons. The maximum atomic E-state index is 12.0. The van der Waals surface area contributed by atoms with Crippen LogP contribution >= 0.6 is 12.4 Å². The molecule has 0 bridgehead atoms. The summed E-state index contributed by atoms with van der Waals surface area (Å²) >= 11 is 0. The zero-order chi connectivity index (χ0) is 11.4. The van der Waals surface area contributed by atoms with Gasteiger partial charge in [-0.1, -0.05) is 6.92 Å². The molecule has 0 saturated carbocycles. The third-order valence-electron chi connectivity index (χ3n) is 3.54. The molecule has 0 spiro atoms. The fourth-order valence-corrected chi connectivity index (χ4v) is 2.33. The van der Waals surface area contributed by atoms with Crippen LogP contribution in [0.4, 0.5) is 0 Å². The van der Waals surface area contributed by atoms with Crippen LogP contribution in [0.3, 0.4) is 0 Å². The third kappa shape index (κ3) is 4.45. The van der Waals surface area contributed by atoms with E-state index in [-0.39, 0.29) is 24.4 Å². The number of amides is 1. The van der Waals surface area contributed by atoms with Crippen molar-refractivity contribution in [1.82, 2.24) is 10.2 Å². The van der Waals surface area contributed by atoms with Crippen molar-refractivity contribution in [2.45, 2.75) is 32.3 Å². The number of ether oxygens (including phenoxy) is 1. The van der Waals surface area contributed by atoms with E-state index < -0.39 is 0 Å². The van der Waals surface area contributed by atoms with Crippen molar-refractivity contribution in [3.8, 4) is 0 Å². The first kappa shape index (κ1) is 14.7. The van der Waals surface area contributed by atoms with Crippen LogP contribution in [-0.4, -0.2) is 49.7 Å². The number of rotatable bonds is 2. The first-order valence-electron chi connectivity index (χ1n) is 6.36. The van der Waals surface area contributed by atoms with Gasteiger partial charge in [0.05, 0.1) is 19.1 Å². The van der Waals surface area contributed by atoms with Crippen molar-refractivity contribution in [2.24, 2.45) is 5.92 Å². The summed E-state index contributed by atoms with van der Waals surface area (Å²) in [6, 6.07) is 0. The Labute approximate surface area is 109 Å². The third-order valence-corrected chi connectivity index (χ3v) is 3.54. The molecule has 4 nitrogen and oxygen atoms in total. The molecule has 1 atom stereocenters. The summed E-state index contributed by atoms with van der Waals surface area (Å²) in [6.45, 7) is 6.58. The van der Waals surface area contributed by atoms with Gasteiger partial charge < -0.3 is 15.0 Å². The van der Waals surface area contributed by atoms with Gasteiger partial charge in [0.2, 0.25) is 5.91 Å². The van der Waals surface area contributed by atoms with E-state index in [9.17, 15) is 4.79 Å². The second-order valence-electron chi connectivity index (χ2n) is 4.96. The molecule has 2 aliphatic rings. The Hall–Kier alpha value is -0.320. The monoisotopic (exact) mass is 262 g/mol. The molecular formula is C12H23ClN2O2. The van der Waals surface area contributed by atoms with Crippen LogP contribution in [0, 0.1) is 5.92 Å². The lowest BCUT2D eigenvalue weighted by Gasteiger charge is -2.32. The fraction of sp³-hybridized carbons (Fsp3) is 0.917. The standard InChI is InChI=1S/C12H22N2O2.ClH/c1-10-2-5-14(6-3-10)12(15)8-11-9-13-4-7-16-11;/h10-11,13H,2-9H2,1H3;1H. The van der Waals surface area contributed by atoms with Gasteiger partial charge in [-0.2, -0.15) is 0 Å². The van der Waals surface area contributed by atoms with Crippen LogP contribution in [0.5, 0.6) is 0 Å². The molecule has 17 heavy (non-hydrogen) atoms. The highest BCUT2D eigenvalue weighted by Crippen LogP contribution is 2.17. The van der Waals surface area contributed by atoms with E-state index in [1.165, 1.54) is 0 Å². The van der Waals surface area contributed by atoms with Crippen molar-refractivity contribution in [3.05, 3.63) is 0 Å². The van der Waals surface area contributed by atoms with Crippen molar-refractivity contribution in [2.75, 3.05) is 32.8 Å². The van der Waals surface area contributed by atoms with Gasteiger partial charge in [-0.3, -0.25) is 4.79 Å². The van der Waals surface area contributed by atoms with Gasteiger partial charge in [-0.25, -0.2) is 0 Å². The second-order valence-corrected chi connectivity index (χ2v) is 4.96. The molecule has 2 heterocycles. The minimum absolute atomic E-state index is 0. The molecule has 1 N–H and O–H groups in total. The van der Waals surface area contributed by atoms with Crippen LogP contribution in [0.1, 0.15) is 26.2 Å². The molecule has 2 fully saturated rings. The molecule has 2 rings (SSSR count). The van der Waals surface area contributed by atoms with Gasteiger partial charge in [0.15, 0.2) is 0 Å². The summed E-state index contributed by atoms with van der Waals surface area (Å²) in [4.78, 5) is 14.0. The maximum absolute atomic E-state index is 12.0. The Morgan fingerprint density at radius 1 is 1.41 bits per heavy atom. The number of carbonyl (C=O) groups is 1. The molecule has 0 aromatic heterocycles. The lowest BCUT2D eigenvalue weighted by Crippen LogP contribution is -2.44. The van der Waals surface area contributed by atoms with Crippen LogP contribution < -0.4 is 5.32 Å². The number of likely N-dealkylation sites (tertiary alicyclic amines) is 1. The molecule has 5 heteroatoms. The van der Waals surface area contributed by atoms with Crippen LogP contribution in [0.25, 0.3) is 0 Å². The number of nitrogens with one attached hydrogen (secondary N) is 1.